The molecule has 0 aliphatic heterocycles. The van der Waals surface area contributed by atoms with Gasteiger partial charge in [-0.25, -0.2) is 0 Å². The Morgan fingerprint density at radius 3 is 2.47 bits per heavy atom. The highest BCUT2D eigenvalue weighted by atomic mass is 16.5. The van der Waals surface area contributed by atoms with E-state index < -0.39 is 0 Å². The molecule has 2 rings (SSSR count). The molecule has 2 N–H and O–H groups in total. The predicted octanol–water partition coefficient (Wildman–Crippen LogP) is 2.47. The normalized spacial score (nSPS) is 10.8. The molecular weight excluding hydrogens is 242 g/mol. The van der Waals surface area contributed by atoms with Gasteiger partial charge in [0.05, 0.1) is 30.5 Å². The molecule has 0 atom stereocenters. The molecule has 19 heavy (non-hydrogen) atoms. The van der Waals surface area contributed by atoms with Gasteiger partial charge in [-0.2, -0.15) is 5.10 Å². The van der Waals surface area contributed by atoms with Gasteiger partial charge in [0.15, 0.2) is 0 Å². The van der Waals surface area contributed by atoms with Crippen LogP contribution in [0.3, 0.4) is 0 Å². The third kappa shape index (κ3) is 2.50. The first-order valence-electron chi connectivity index (χ1n) is 6.16. The maximum absolute atomic E-state index is 6.05. The number of methoxy groups -OCH3 is 1. The minimum atomic E-state index is 0.0729. The summed E-state index contributed by atoms with van der Waals surface area (Å²) in [5.74, 6) is 2.05. The van der Waals surface area contributed by atoms with Crippen LogP contribution in [0.1, 0.15) is 13.8 Å². The monoisotopic (exact) mass is 261 g/mol. The summed E-state index contributed by atoms with van der Waals surface area (Å²) in [5.41, 5.74) is 7.70. The number of anilines is 1. The smallest absolute Gasteiger partial charge is 0.131 e. The van der Waals surface area contributed by atoms with Gasteiger partial charge in [0, 0.05) is 7.05 Å². The van der Waals surface area contributed by atoms with Crippen molar-refractivity contribution in [3.63, 3.8) is 0 Å². The van der Waals surface area contributed by atoms with Crippen molar-refractivity contribution < 1.29 is 9.47 Å². The Balaban J connectivity index is 2.61. The highest BCUT2D eigenvalue weighted by Gasteiger charge is 2.18. The zero-order chi connectivity index (χ0) is 14.0. The minimum absolute atomic E-state index is 0.0729. The van der Waals surface area contributed by atoms with Gasteiger partial charge in [-0.05, 0) is 26.0 Å². The van der Waals surface area contributed by atoms with Gasteiger partial charge < -0.3 is 15.2 Å². The molecule has 1 aromatic carbocycles. The number of aromatic nitrogens is 2. The fourth-order valence-corrected chi connectivity index (χ4v) is 1.94. The number of ether oxygens (including phenoxy) is 2. The maximum atomic E-state index is 6.05. The molecule has 0 unspecified atom stereocenters. The molecule has 0 aliphatic carbocycles. The lowest BCUT2D eigenvalue weighted by molar-refractivity contribution is 0.242. The second-order valence-electron chi connectivity index (χ2n) is 4.57. The number of aryl methyl sites for hydroxylation is 1. The SMILES string of the molecule is COc1cccc(OC(C)C)c1-c1cnn(C)c1N. The molecular formula is C14H19N3O2. The lowest BCUT2D eigenvalue weighted by atomic mass is 10.1. The van der Waals surface area contributed by atoms with Crippen LogP contribution in [0.15, 0.2) is 24.4 Å². The van der Waals surface area contributed by atoms with Crippen LogP contribution in [0.25, 0.3) is 11.1 Å². The van der Waals surface area contributed by atoms with Crippen LogP contribution in [0.4, 0.5) is 5.82 Å². The first-order valence-corrected chi connectivity index (χ1v) is 6.16. The standard InChI is InChI=1S/C14H19N3O2/c1-9(2)19-12-7-5-6-11(18-4)13(12)10-8-16-17(3)14(10)15/h5-9H,15H2,1-4H3. The average molecular weight is 261 g/mol. The first kappa shape index (κ1) is 13.3. The topological polar surface area (TPSA) is 62.3 Å². The molecule has 0 saturated carbocycles. The quantitative estimate of drug-likeness (QED) is 0.918. The summed E-state index contributed by atoms with van der Waals surface area (Å²) in [6.45, 7) is 3.96. The van der Waals surface area contributed by atoms with E-state index in [2.05, 4.69) is 5.10 Å². The van der Waals surface area contributed by atoms with Gasteiger partial charge in [-0.3, -0.25) is 4.68 Å². The second-order valence-corrected chi connectivity index (χ2v) is 4.57. The number of nitrogens with zero attached hydrogens (tertiary/aromatic N) is 2. The van der Waals surface area contributed by atoms with E-state index in [-0.39, 0.29) is 6.10 Å². The molecule has 5 nitrogen and oxygen atoms in total. The van der Waals surface area contributed by atoms with E-state index in [1.54, 1.807) is 25.0 Å². The Hall–Kier alpha value is -2.17. The van der Waals surface area contributed by atoms with Crippen molar-refractivity contribution in [2.45, 2.75) is 20.0 Å². The Morgan fingerprint density at radius 1 is 1.26 bits per heavy atom. The van der Waals surface area contributed by atoms with E-state index >= 15 is 0 Å². The lowest BCUT2D eigenvalue weighted by Gasteiger charge is -2.16. The molecule has 1 aromatic heterocycles. The van der Waals surface area contributed by atoms with Gasteiger partial charge in [0.1, 0.15) is 17.3 Å². The highest BCUT2D eigenvalue weighted by Crippen LogP contribution is 2.41. The lowest BCUT2D eigenvalue weighted by Crippen LogP contribution is -2.07. The van der Waals surface area contributed by atoms with Gasteiger partial charge in [0.25, 0.3) is 0 Å². The van der Waals surface area contributed by atoms with Crippen LogP contribution in [-0.4, -0.2) is 23.0 Å². The van der Waals surface area contributed by atoms with Crippen molar-refractivity contribution in [2.24, 2.45) is 7.05 Å². The van der Waals surface area contributed by atoms with Gasteiger partial charge in [0.2, 0.25) is 0 Å². The summed E-state index contributed by atoms with van der Waals surface area (Å²) in [5, 5.41) is 4.17. The second kappa shape index (κ2) is 5.22. The van der Waals surface area contributed by atoms with Gasteiger partial charge in [-0.15, -0.1) is 0 Å². The molecule has 0 fully saturated rings. The molecule has 0 amide bonds. The van der Waals surface area contributed by atoms with Gasteiger partial charge in [-0.1, -0.05) is 6.07 Å². The molecule has 0 saturated heterocycles. The average Bonchev–Trinajstić information content (AvgIpc) is 2.69. The summed E-state index contributed by atoms with van der Waals surface area (Å²) >= 11 is 0. The van der Waals surface area contributed by atoms with Crippen molar-refractivity contribution in [2.75, 3.05) is 12.8 Å². The Morgan fingerprint density at radius 2 is 1.95 bits per heavy atom. The molecule has 102 valence electrons. The van der Waals surface area contributed by atoms with E-state index in [4.69, 9.17) is 15.2 Å². The van der Waals surface area contributed by atoms with Crippen molar-refractivity contribution in [3.05, 3.63) is 24.4 Å². The molecule has 0 aliphatic rings. The molecule has 0 spiro atoms. The van der Waals surface area contributed by atoms with Crippen molar-refractivity contribution in [1.82, 2.24) is 9.78 Å². The van der Waals surface area contributed by atoms with E-state index in [0.29, 0.717) is 5.82 Å². The number of nitrogen functional groups attached to an aromatic ring is 1. The summed E-state index contributed by atoms with van der Waals surface area (Å²) in [6.07, 6.45) is 1.80. The van der Waals surface area contributed by atoms with Crippen molar-refractivity contribution in [1.29, 1.82) is 0 Å². The Bertz CT molecular complexity index is 576. The fourth-order valence-electron chi connectivity index (χ4n) is 1.94. The number of hydrogen-bond donors (Lipinski definition) is 1. The minimum Gasteiger partial charge on any atom is -0.496 e. The first-order chi connectivity index (χ1) is 9.04. The Kier molecular flexibility index (Phi) is 3.64. The van der Waals surface area contributed by atoms with Crippen LogP contribution >= 0.6 is 0 Å². The highest BCUT2D eigenvalue weighted by molar-refractivity contribution is 5.83. The van der Waals surface area contributed by atoms with Crippen LogP contribution in [0.5, 0.6) is 11.5 Å². The number of benzene rings is 1. The maximum Gasteiger partial charge on any atom is 0.131 e. The van der Waals surface area contributed by atoms with E-state index in [1.807, 2.05) is 32.0 Å². The summed E-state index contributed by atoms with van der Waals surface area (Å²) < 4.78 is 12.9. The van der Waals surface area contributed by atoms with Crippen LogP contribution < -0.4 is 15.2 Å². The third-order valence-electron chi connectivity index (χ3n) is 2.82. The number of rotatable bonds is 4. The molecule has 1 heterocycles. The third-order valence-corrected chi connectivity index (χ3v) is 2.82. The molecule has 2 aromatic rings. The van der Waals surface area contributed by atoms with Crippen LogP contribution in [-0.2, 0) is 7.05 Å². The van der Waals surface area contributed by atoms with Crippen LogP contribution in [0, 0.1) is 0 Å². The summed E-state index contributed by atoms with van der Waals surface area (Å²) in [6, 6.07) is 5.69. The molecule has 5 heteroatoms. The van der Waals surface area contributed by atoms with E-state index in [0.717, 1.165) is 22.6 Å². The van der Waals surface area contributed by atoms with E-state index in [1.165, 1.54) is 0 Å². The van der Waals surface area contributed by atoms with E-state index in [9.17, 15) is 0 Å². The molecule has 0 bridgehead atoms. The fraction of sp³-hybridized carbons (Fsp3) is 0.357. The van der Waals surface area contributed by atoms with Crippen LogP contribution in [0.2, 0.25) is 0 Å². The molecule has 0 radical (unpaired) electrons. The zero-order valence-corrected chi connectivity index (χ0v) is 11.7. The summed E-state index contributed by atoms with van der Waals surface area (Å²) in [4.78, 5) is 0. The van der Waals surface area contributed by atoms with Crippen molar-refractivity contribution >= 4 is 5.82 Å². The summed E-state index contributed by atoms with van der Waals surface area (Å²) in [7, 11) is 3.43. The number of nitrogens with two attached hydrogens (primary N) is 1. The van der Waals surface area contributed by atoms with Crippen molar-refractivity contribution in [3.8, 4) is 22.6 Å². The Labute approximate surface area is 112 Å². The zero-order valence-electron chi connectivity index (χ0n) is 11.7. The largest absolute Gasteiger partial charge is 0.496 e. The number of hydrogen-bond acceptors (Lipinski definition) is 4. The predicted molar refractivity (Wildman–Crippen MR) is 75.4 cm³/mol. The van der Waals surface area contributed by atoms with Gasteiger partial charge >= 0.3 is 0 Å².